The molecule has 1 fully saturated rings. The van der Waals surface area contributed by atoms with Crippen LogP contribution in [0.25, 0.3) is 0 Å². The second-order valence-corrected chi connectivity index (χ2v) is 9.84. The molecule has 0 saturated carbocycles. The van der Waals surface area contributed by atoms with Gasteiger partial charge in [-0.3, -0.25) is 9.52 Å². The summed E-state index contributed by atoms with van der Waals surface area (Å²) in [4.78, 5) is 14.6. The quantitative estimate of drug-likeness (QED) is 0.643. The molecule has 0 aliphatic carbocycles. The molecule has 10 heteroatoms. The molecule has 2 aromatic carbocycles. The number of hydrogen-bond acceptors (Lipinski definition) is 4. The Bertz CT molecular complexity index is 1050. The predicted octanol–water partition coefficient (Wildman–Crippen LogP) is 3.97. The van der Waals surface area contributed by atoms with Gasteiger partial charge in [0, 0.05) is 30.4 Å². The number of halogens is 3. The molecule has 0 aromatic heterocycles. The van der Waals surface area contributed by atoms with Crippen molar-refractivity contribution in [2.24, 2.45) is 5.92 Å². The molecule has 1 unspecified atom stereocenters. The van der Waals surface area contributed by atoms with Crippen LogP contribution in [0.1, 0.15) is 36.2 Å². The highest BCUT2D eigenvalue weighted by Gasteiger charge is 2.31. The van der Waals surface area contributed by atoms with Crippen LogP contribution in [0, 0.1) is 5.92 Å². The molecule has 6 nitrogen and oxygen atoms in total. The third-order valence-corrected chi connectivity index (χ3v) is 6.86. The molecule has 1 saturated heterocycles. The maximum Gasteiger partial charge on any atom is 0.416 e. The molecule has 1 aliphatic rings. The van der Waals surface area contributed by atoms with Gasteiger partial charge < -0.3 is 10.2 Å². The van der Waals surface area contributed by atoms with Crippen LogP contribution in [0.2, 0.25) is 0 Å². The minimum absolute atomic E-state index is 0.158. The van der Waals surface area contributed by atoms with Crippen LogP contribution in [0.5, 0.6) is 0 Å². The van der Waals surface area contributed by atoms with Gasteiger partial charge in [-0.05, 0) is 75.2 Å². The third-order valence-electron chi connectivity index (χ3n) is 5.47. The van der Waals surface area contributed by atoms with Crippen LogP contribution in [-0.2, 0) is 16.2 Å². The average Bonchev–Trinajstić information content (AvgIpc) is 3.21. The number of nitrogens with one attached hydrogen (secondary N) is 2. The third kappa shape index (κ3) is 6.01. The van der Waals surface area contributed by atoms with Crippen molar-refractivity contribution in [3.8, 4) is 0 Å². The van der Waals surface area contributed by atoms with Gasteiger partial charge >= 0.3 is 6.18 Å². The minimum atomic E-state index is -4.58. The largest absolute Gasteiger partial charge is 0.416 e. The molecule has 2 aromatic rings. The molecule has 32 heavy (non-hydrogen) atoms. The zero-order valence-corrected chi connectivity index (χ0v) is 18.6. The smallest absolute Gasteiger partial charge is 0.352 e. The van der Waals surface area contributed by atoms with Crippen molar-refractivity contribution in [2.45, 2.75) is 37.4 Å². The van der Waals surface area contributed by atoms with Gasteiger partial charge in [-0.15, -0.1) is 0 Å². The number of amides is 1. The summed E-state index contributed by atoms with van der Waals surface area (Å²) < 4.78 is 65.7. The van der Waals surface area contributed by atoms with Crippen LogP contribution >= 0.6 is 0 Å². The Balaban J connectivity index is 1.61. The molecule has 0 radical (unpaired) electrons. The minimum Gasteiger partial charge on any atom is -0.352 e. The summed E-state index contributed by atoms with van der Waals surface area (Å²) in [5.74, 6) is 0.0699. The Morgan fingerprint density at radius 2 is 1.84 bits per heavy atom. The Hall–Kier alpha value is -2.59. The van der Waals surface area contributed by atoms with Crippen molar-refractivity contribution in [3.05, 3.63) is 59.7 Å². The molecule has 0 spiro atoms. The Labute approximate surface area is 185 Å². The van der Waals surface area contributed by atoms with Gasteiger partial charge in [0.25, 0.3) is 15.9 Å². The lowest BCUT2D eigenvalue weighted by atomic mass is 10.1. The standard InChI is InChI=1S/C22H26F3N3O3S/c1-15(2)28-11-10-16(14-28)13-26-21(29)17-6-8-20(9-7-17)32(30,31)27-19-5-3-4-18(12-19)22(23,24)25/h3-9,12,15-16,27H,10-11,13-14H2,1-2H3,(H,26,29). The van der Waals surface area contributed by atoms with Gasteiger partial charge in [-0.1, -0.05) is 6.07 Å². The molecule has 2 N–H and O–H groups in total. The van der Waals surface area contributed by atoms with Gasteiger partial charge in [-0.25, -0.2) is 8.42 Å². The predicted molar refractivity (Wildman–Crippen MR) is 116 cm³/mol. The van der Waals surface area contributed by atoms with Crippen molar-refractivity contribution >= 4 is 21.6 Å². The summed E-state index contributed by atoms with van der Waals surface area (Å²) in [5, 5.41) is 2.88. The lowest BCUT2D eigenvalue weighted by Crippen LogP contribution is -2.33. The number of carbonyl (C=O) groups excluding carboxylic acids is 1. The fourth-order valence-corrected chi connectivity index (χ4v) is 4.65. The van der Waals surface area contributed by atoms with E-state index in [1.807, 2.05) is 0 Å². The topological polar surface area (TPSA) is 78.5 Å². The molecular formula is C22H26F3N3O3S. The Kier molecular flexibility index (Phi) is 7.14. The summed E-state index contributed by atoms with van der Waals surface area (Å²) in [6.07, 6.45) is -3.57. The molecule has 1 atom stereocenters. The normalized spacial score (nSPS) is 17.5. The second kappa shape index (κ2) is 9.50. The van der Waals surface area contributed by atoms with E-state index in [1.54, 1.807) is 0 Å². The number of nitrogens with zero attached hydrogens (tertiary/aromatic N) is 1. The molecule has 3 rings (SSSR count). The molecule has 1 heterocycles. The van der Waals surface area contributed by atoms with Crippen LogP contribution in [0.4, 0.5) is 18.9 Å². The molecule has 1 aliphatic heterocycles. The second-order valence-electron chi connectivity index (χ2n) is 8.16. The Morgan fingerprint density at radius 1 is 1.16 bits per heavy atom. The van der Waals surface area contributed by atoms with Gasteiger partial charge in [0.15, 0.2) is 0 Å². The number of benzene rings is 2. The maximum absolute atomic E-state index is 12.8. The molecular weight excluding hydrogens is 443 g/mol. The van der Waals surface area contributed by atoms with E-state index < -0.39 is 21.8 Å². The van der Waals surface area contributed by atoms with E-state index in [4.69, 9.17) is 0 Å². The van der Waals surface area contributed by atoms with E-state index in [0.29, 0.717) is 24.1 Å². The van der Waals surface area contributed by atoms with Crippen LogP contribution < -0.4 is 10.0 Å². The van der Waals surface area contributed by atoms with Crippen LogP contribution in [0.3, 0.4) is 0 Å². The summed E-state index contributed by atoms with van der Waals surface area (Å²) in [6, 6.07) is 9.67. The summed E-state index contributed by atoms with van der Waals surface area (Å²) >= 11 is 0. The zero-order valence-electron chi connectivity index (χ0n) is 17.8. The number of rotatable bonds is 7. The maximum atomic E-state index is 12.8. The fourth-order valence-electron chi connectivity index (χ4n) is 3.60. The first-order chi connectivity index (χ1) is 15.0. The monoisotopic (exact) mass is 469 g/mol. The number of sulfonamides is 1. The van der Waals surface area contributed by atoms with E-state index in [9.17, 15) is 26.4 Å². The highest BCUT2D eigenvalue weighted by atomic mass is 32.2. The zero-order chi connectivity index (χ0) is 23.5. The first-order valence-corrected chi connectivity index (χ1v) is 11.8. The summed E-state index contributed by atoms with van der Waals surface area (Å²) in [5.41, 5.74) is -0.848. The number of hydrogen-bond donors (Lipinski definition) is 2. The van der Waals surface area contributed by atoms with Gasteiger partial charge in [0.2, 0.25) is 0 Å². The number of likely N-dealkylation sites (tertiary alicyclic amines) is 1. The van der Waals surface area contributed by atoms with Gasteiger partial charge in [0.1, 0.15) is 0 Å². The molecule has 1 amide bonds. The lowest BCUT2D eigenvalue weighted by molar-refractivity contribution is -0.137. The number of alkyl halides is 3. The number of anilines is 1. The van der Waals surface area contributed by atoms with E-state index in [1.165, 1.54) is 30.3 Å². The first-order valence-electron chi connectivity index (χ1n) is 10.3. The first kappa shape index (κ1) is 24.1. The van der Waals surface area contributed by atoms with Crippen LogP contribution in [0.15, 0.2) is 53.4 Å². The van der Waals surface area contributed by atoms with E-state index >= 15 is 0 Å². The highest BCUT2D eigenvalue weighted by Crippen LogP contribution is 2.31. The van der Waals surface area contributed by atoms with E-state index in [-0.39, 0.29) is 16.5 Å². The molecule has 174 valence electrons. The van der Waals surface area contributed by atoms with Crippen molar-refractivity contribution < 1.29 is 26.4 Å². The van der Waals surface area contributed by atoms with Crippen molar-refractivity contribution in [1.82, 2.24) is 10.2 Å². The van der Waals surface area contributed by atoms with E-state index in [2.05, 4.69) is 28.8 Å². The van der Waals surface area contributed by atoms with Gasteiger partial charge in [-0.2, -0.15) is 13.2 Å². The van der Waals surface area contributed by atoms with Gasteiger partial charge in [0.05, 0.1) is 10.5 Å². The van der Waals surface area contributed by atoms with E-state index in [0.717, 1.165) is 37.7 Å². The molecule has 0 bridgehead atoms. The van der Waals surface area contributed by atoms with Crippen LogP contribution in [-0.4, -0.2) is 44.9 Å². The SMILES string of the molecule is CC(C)N1CCC(CNC(=O)c2ccc(S(=O)(=O)Nc3cccc(C(F)(F)F)c3)cc2)C1. The van der Waals surface area contributed by atoms with Crippen molar-refractivity contribution in [3.63, 3.8) is 0 Å². The number of carbonyl (C=O) groups is 1. The highest BCUT2D eigenvalue weighted by molar-refractivity contribution is 7.92. The fraction of sp³-hybridized carbons (Fsp3) is 0.409. The lowest BCUT2D eigenvalue weighted by Gasteiger charge is -2.20. The van der Waals surface area contributed by atoms with Crippen molar-refractivity contribution in [1.29, 1.82) is 0 Å². The average molecular weight is 470 g/mol. The summed E-state index contributed by atoms with van der Waals surface area (Å²) in [7, 11) is -4.11. The Morgan fingerprint density at radius 3 is 2.44 bits per heavy atom. The summed E-state index contributed by atoms with van der Waals surface area (Å²) in [6.45, 7) is 6.75. The van der Waals surface area contributed by atoms with Crippen molar-refractivity contribution in [2.75, 3.05) is 24.4 Å².